The molecule has 0 saturated heterocycles. The summed E-state index contributed by atoms with van der Waals surface area (Å²) in [4.78, 5) is 15.0. The van der Waals surface area contributed by atoms with E-state index in [9.17, 15) is 10.1 Å². The minimum absolute atomic E-state index is 0.0622. The molecule has 2 aromatic rings. The number of unbranched alkanes of at least 4 members (excludes halogenated alkanes) is 1. The zero-order valence-corrected chi connectivity index (χ0v) is 13.0. The van der Waals surface area contributed by atoms with E-state index in [0.717, 1.165) is 17.5 Å². The van der Waals surface area contributed by atoms with Crippen molar-refractivity contribution in [2.75, 3.05) is 18.5 Å². The second-order valence-corrected chi connectivity index (χ2v) is 5.86. The molecule has 21 heavy (non-hydrogen) atoms. The molecule has 1 N–H and O–H groups in total. The van der Waals surface area contributed by atoms with Crippen molar-refractivity contribution < 1.29 is 9.66 Å². The molecule has 0 radical (unpaired) electrons. The van der Waals surface area contributed by atoms with Gasteiger partial charge in [0.25, 0.3) is 0 Å². The molecule has 0 saturated carbocycles. The summed E-state index contributed by atoms with van der Waals surface area (Å²) < 4.78 is 6.29. The van der Waals surface area contributed by atoms with Gasteiger partial charge in [-0.15, -0.1) is 11.3 Å². The molecule has 0 aliphatic heterocycles. The van der Waals surface area contributed by atoms with Gasteiger partial charge in [-0.25, -0.2) is 4.98 Å². The Hall–Kier alpha value is -1.73. The van der Waals surface area contributed by atoms with Gasteiger partial charge in [0.2, 0.25) is 0 Å². The van der Waals surface area contributed by atoms with E-state index in [1.54, 1.807) is 11.6 Å². The van der Waals surface area contributed by atoms with Gasteiger partial charge in [-0.05, 0) is 38.8 Å². The molecule has 2 rings (SSSR count). The Bertz CT molecular complexity index is 613. The van der Waals surface area contributed by atoms with E-state index in [2.05, 4.69) is 10.3 Å². The van der Waals surface area contributed by atoms with E-state index in [1.807, 2.05) is 19.9 Å². The van der Waals surface area contributed by atoms with Crippen LogP contribution in [0.1, 0.15) is 26.7 Å². The van der Waals surface area contributed by atoms with Crippen LogP contribution in [0.2, 0.25) is 0 Å². The number of ether oxygens (including phenoxy) is 1. The van der Waals surface area contributed by atoms with Gasteiger partial charge in [0.15, 0.2) is 5.52 Å². The van der Waals surface area contributed by atoms with Crippen molar-refractivity contribution in [1.82, 2.24) is 4.98 Å². The molecule has 0 atom stereocenters. The van der Waals surface area contributed by atoms with E-state index in [-0.39, 0.29) is 16.7 Å². The highest BCUT2D eigenvalue weighted by molar-refractivity contribution is 7.16. The highest BCUT2D eigenvalue weighted by Gasteiger charge is 2.20. The summed E-state index contributed by atoms with van der Waals surface area (Å²) in [5.74, 6) is 0. The van der Waals surface area contributed by atoms with Crippen molar-refractivity contribution in [2.24, 2.45) is 0 Å². The third-order valence-electron chi connectivity index (χ3n) is 3.00. The highest BCUT2D eigenvalue weighted by Crippen LogP contribution is 2.34. The van der Waals surface area contributed by atoms with Crippen LogP contribution >= 0.6 is 11.3 Å². The number of anilines is 1. The van der Waals surface area contributed by atoms with E-state index in [0.29, 0.717) is 24.4 Å². The number of nitrogens with one attached hydrogen (secondary N) is 1. The monoisotopic (exact) mass is 309 g/mol. The van der Waals surface area contributed by atoms with Crippen LogP contribution in [0.5, 0.6) is 0 Å². The summed E-state index contributed by atoms with van der Waals surface area (Å²) in [7, 11) is 0. The van der Waals surface area contributed by atoms with Crippen LogP contribution in [0.4, 0.5) is 11.4 Å². The lowest BCUT2D eigenvalue weighted by atomic mass is 10.2. The topological polar surface area (TPSA) is 77.3 Å². The third-order valence-corrected chi connectivity index (χ3v) is 3.79. The molecule has 0 fully saturated rings. The first-order valence-electron chi connectivity index (χ1n) is 6.95. The highest BCUT2D eigenvalue weighted by atomic mass is 32.1. The summed E-state index contributed by atoms with van der Waals surface area (Å²) in [6, 6.07) is 3.62. The van der Waals surface area contributed by atoms with Gasteiger partial charge in [-0.1, -0.05) is 0 Å². The maximum atomic E-state index is 11.3. The molecule has 0 amide bonds. The van der Waals surface area contributed by atoms with Crippen molar-refractivity contribution in [1.29, 1.82) is 0 Å². The largest absolute Gasteiger partial charge is 0.379 e. The predicted octanol–water partition coefficient (Wildman–Crippen LogP) is 3.82. The maximum absolute atomic E-state index is 11.3. The van der Waals surface area contributed by atoms with Crippen LogP contribution in [0.3, 0.4) is 0 Å². The van der Waals surface area contributed by atoms with Gasteiger partial charge in [0, 0.05) is 13.2 Å². The standard InChI is InChI=1S/C14H19N3O3S/c1-10(2)20-8-4-3-7-15-11-5-6-12-13(16-9-21-12)14(11)17(18)19/h5-6,9-10,15H,3-4,7-8H2,1-2H3. The quantitative estimate of drug-likeness (QED) is 0.455. The van der Waals surface area contributed by atoms with E-state index >= 15 is 0 Å². The minimum Gasteiger partial charge on any atom is -0.379 e. The van der Waals surface area contributed by atoms with Gasteiger partial charge in [-0.3, -0.25) is 10.1 Å². The third kappa shape index (κ3) is 4.12. The number of nitro groups is 1. The second kappa shape index (κ2) is 7.33. The van der Waals surface area contributed by atoms with Crippen molar-refractivity contribution in [3.63, 3.8) is 0 Å². The maximum Gasteiger partial charge on any atom is 0.319 e. The van der Waals surface area contributed by atoms with Crippen LogP contribution in [-0.2, 0) is 4.74 Å². The number of thiazole rings is 1. The SMILES string of the molecule is CC(C)OCCCCNc1ccc2scnc2c1[N+](=O)[O-]. The zero-order chi connectivity index (χ0) is 15.2. The normalized spacial score (nSPS) is 11.2. The molecule has 7 heteroatoms. The Kier molecular flexibility index (Phi) is 5.46. The summed E-state index contributed by atoms with van der Waals surface area (Å²) in [5.41, 5.74) is 2.68. The number of hydrogen-bond acceptors (Lipinski definition) is 6. The van der Waals surface area contributed by atoms with Crippen molar-refractivity contribution in [3.8, 4) is 0 Å². The summed E-state index contributed by atoms with van der Waals surface area (Å²) >= 11 is 1.41. The molecule has 0 aliphatic carbocycles. The van der Waals surface area contributed by atoms with Gasteiger partial charge in [0.05, 0.1) is 21.2 Å². The van der Waals surface area contributed by atoms with Gasteiger partial charge < -0.3 is 10.1 Å². The van der Waals surface area contributed by atoms with Crippen molar-refractivity contribution in [2.45, 2.75) is 32.8 Å². The summed E-state index contributed by atoms with van der Waals surface area (Å²) in [5, 5.41) is 14.4. The lowest BCUT2D eigenvalue weighted by Crippen LogP contribution is -2.08. The minimum atomic E-state index is -0.369. The molecule has 114 valence electrons. The van der Waals surface area contributed by atoms with Crippen LogP contribution < -0.4 is 5.32 Å². The molecular formula is C14H19N3O3S. The average molecular weight is 309 g/mol. The second-order valence-electron chi connectivity index (χ2n) is 4.97. The lowest BCUT2D eigenvalue weighted by molar-refractivity contribution is -0.382. The molecule has 6 nitrogen and oxygen atoms in total. The number of nitro benzene ring substituents is 1. The van der Waals surface area contributed by atoms with Gasteiger partial charge in [-0.2, -0.15) is 0 Å². The van der Waals surface area contributed by atoms with Crippen LogP contribution in [0.25, 0.3) is 10.2 Å². The molecule has 1 aromatic carbocycles. The number of aromatic nitrogens is 1. The van der Waals surface area contributed by atoms with Crippen LogP contribution in [-0.4, -0.2) is 29.2 Å². The number of rotatable bonds is 8. The first-order valence-corrected chi connectivity index (χ1v) is 7.83. The summed E-state index contributed by atoms with van der Waals surface area (Å²) in [6.07, 6.45) is 2.07. The summed E-state index contributed by atoms with van der Waals surface area (Å²) in [6.45, 7) is 5.40. The lowest BCUT2D eigenvalue weighted by Gasteiger charge is -2.09. The number of benzene rings is 1. The Balaban J connectivity index is 1.95. The Morgan fingerprint density at radius 3 is 2.95 bits per heavy atom. The van der Waals surface area contributed by atoms with Crippen LogP contribution in [0.15, 0.2) is 17.6 Å². The van der Waals surface area contributed by atoms with E-state index in [1.165, 1.54) is 11.3 Å². The molecule has 1 aromatic heterocycles. The van der Waals surface area contributed by atoms with Gasteiger partial charge >= 0.3 is 5.69 Å². The number of fused-ring (bicyclic) bond motifs is 1. The molecular weight excluding hydrogens is 290 g/mol. The number of nitrogens with zero attached hydrogens (tertiary/aromatic N) is 2. The zero-order valence-electron chi connectivity index (χ0n) is 12.2. The van der Waals surface area contributed by atoms with Crippen LogP contribution in [0, 0.1) is 10.1 Å². The molecule has 0 unspecified atom stereocenters. The van der Waals surface area contributed by atoms with Gasteiger partial charge in [0.1, 0.15) is 5.69 Å². The predicted molar refractivity (Wildman–Crippen MR) is 85.1 cm³/mol. The fourth-order valence-corrected chi connectivity index (χ4v) is 2.69. The fourth-order valence-electron chi connectivity index (χ4n) is 2.01. The Labute approximate surface area is 127 Å². The molecule has 0 bridgehead atoms. The Morgan fingerprint density at radius 2 is 2.24 bits per heavy atom. The van der Waals surface area contributed by atoms with E-state index in [4.69, 9.17) is 4.74 Å². The van der Waals surface area contributed by atoms with Crippen molar-refractivity contribution >= 4 is 32.9 Å². The first kappa shape index (κ1) is 15.7. The molecule has 0 spiro atoms. The Morgan fingerprint density at radius 1 is 1.43 bits per heavy atom. The molecule has 0 aliphatic rings. The smallest absolute Gasteiger partial charge is 0.319 e. The van der Waals surface area contributed by atoms with Crippen molar-refractivity contribution in [3.05, 3.63) is 27.8 Å². The number of hydrogen-bond donors (Lipinski definition) is 1. The molecule has 1 heterocycles. The average Bonchev–Trinajstić information content (AvgIpc) is 2.89. The first-order chi connectivity index (χ1) is 10.1. The fraction of sp³-hybridized carbons (Fsp3) is 0.500. The van der Waals surface area contributed by atoms with E-state index < -0.39 is 0 Å².